The molecule has 0 aliphatic heterocycles. The topological polar surface area (TPSA) is 79.6 Å². The second-order valence-corrected chi connectivity index (χ2v) is 9.14. The number of hydrogen-bond acceptors (Lipinski definition) is 4. The third-order valence-electron chi connectivity index (χ3n) is 4.89. The molecular formula is C21H23FN2O4S. The van der Waals surface area contributed by atoms with Crippen molar-refractivity contribution in [3.8, 4) is 0 Å². The number of nitrogens with zero attached hydrogens (tertiary/aromatic N) is 1. The van der Waals surface area contributed by atoms with E-state index in [0.717, 1.165) is 5.56 Å². The molecule has 2 aromatic carbocycles. The van der Waals surface area contributed by atoms with Gasteiger partial charge < -0.3 is 9.73 Å². The van der Waals surface area contributed by atoms with E-state index >= 15 is 0 Å². The Labute approximate surface area is 169 Å². The van der Waals surface area contributed by atoms with Crippen LogP contribution < -0.4 is 5.32 Å². The van der Waals surface area contributed by atoms with Crippen LogP contribution in [-0.4, -0.2) is 31.7 Å². The molecule has 0 saturated heterocycles. The minimum atomic E-state index is -3.55. The minimum Gasteiger partial charge on any atom is -0.451 e. The second kappa shape index (κ2) is 7.96. The van der Waals surface area contributed by atoms with E-state index in [0.29, 0.717) is 16.5 Å². The van der Waals surface area contributed by atoms with Gasteiger partial charge in [0.2, 0.25) is 10.0 Å². The maximum atomic E-state index is 13.4. The van der Waals surface area contributed by atoms with Crippen molar-refractivity contribution in [3.63, 3.8) is 0 Å². The predicted octanol–water partition coefficient (Wildman–Crippen LogP) is 3.84. The van der Waals surface area contributed by atoms with E-state index in [1.165, 1.54) is 41.7 Å². The first-order valence-corrected chi connectivity index (χ1v) is 10.6. The van der Waals surface area contributed by atoms with Crippen molar-refractivity contribution in [3.05, 3.63) is 65.2 Å². The van der Waals surface area contributed by atoms with E-state index in [9.17, 15) is 17.6 Å². The van der Waals surface area contributed by atoms with E-state index in [1.54, 1.807) is 32.9 Å². The lowest BCUT2D eigenvalue weighted by Gasteiger charge is -2.21. The molecule has 29 heavy (non-hydrogen) atoms. The Balaban J connectivity index is 1.72. The fourth-order valence-corrected chi connectivity index (χ4v) is 4.26. The van der Waals surface area contributed by atoms with Crippen LogP contribution in [0.5, 0.6) is 0 Å². The first-order chi connectivity index (χ1) is 13.6. The van der Waals surface area contributed by atoms with E-state index in [2.05, 4.69) is 5.32 Å². The van der Waals surface area contributed by atoms with Gasteiger partial charge in [-0.3, -0.25) is 4.79 Å². The molecule has 1 aromatic heterocycles. The highest BCUT2D eigenvalue weighted by Crippen LogP contribution is 2.26. The summed E-state index contributed by atoms with van der Waals surface area (Å²) in [7, 11) is -2.02. The van der Waals surface area contributed by atoms with Gasteiger partial charge in [-0.1, -0.05) is 12.1 Å². The van der Waals surface area contributed by atoms with Crippen LogP contribution in [0.15, 0.2) is 51.8 Å². The summed E-state index contributed by atoms with van der Waals surface area (Å²) in [6.07, 6.45) is 0. The maximum Gasteiger partial charge on any atom is 0.287 e. The lowest BCUT2D eigenvalue weighted by Crippen LogP contribution is -2.33. The lowest BCUT2D eigenvalue weighted by molar-refractivity contribution is 0.0924. The number of aryl methyl sites for hydroxylation is 1. The van der Waals surface area contributed by atoms with Gasteiger partial charge in [0.15, 0.2) is 5.76 Å². The molecule has 0 fully saturated rings. The molecule has 3 rings (SSSR count). The molecule has 3 aromatic rings. The number of sulfonamides is 1. The van der Waals surface area contributed by atoms with Crippen molar-refractivity contribution < 1.29 is 22.0 Å². The standard InChI is InChI=1S/C21H23FN2O4S/c1-13(2)24(4)29(26,27)17-8-5-15(6-9-17)12-23-21(25)20-14(3)18-11-16(22)7-10-19(18)28-20/h5-11,13H,12H2,1-4H3,(H,23,25). The lowest BCUT2D eigenvalue weighted by atomic mass is 10.1. The summed E-state index contributed by atoms with van der Waals surface area (Å²) in [5.74, 6) is -0.690. The number of amides is 1. The SMILES string of the molecule is Cc1c(C(=O)NCc2ccc(S(=O)(=O)N(C)C(C)C)cc2)oc2ccc(F)cc12. The molecule has 1 amide bonds. The summed E-state index contributed by atoms with van der Waals surface area (Å²) in [5, 5.41) is 3.30. The van der Waals surface area contributed by atoms with Gasteiger partial charge in [0.25, 0.3) is 5.91 Å². The molecular weight excluding hydrogens is 395 g/mol. The third kappa shape index (κ3) is 4.18. The van der Waals surface area contributed by atoms with Gasteiger partial charge in [-0.2, -0.15) is 4.31 Å². The summed E-state index contributed by atoms with van der Waals surface area (Å²) in [6.45, 7) is 5.50. The fraction of sp³-hybridized carbons (Fsp3) is 0.286. The molecule has 0 atom stereocenters. The number of fused-ring (bicyclic) bond motifs is 1. The zero-order chi connectivity index (χ0) is 21.3. The number of nitrogens with one attached hydrogen (secondary N) is 1. The molecule has 1 N–H and O–H groups in total. The summed E-state index contributed by atoms with van der Waals surface area (Å²) >= 11 is 0. The largest absolute Gasteiger partial charge is 0.451 e. The van der Waals surface area contributed by atoms with Gasteiger partial charge in [-0.25, -0.2) is 12.8 Å². The monoisotopic (exact) mass is 418 g/mol. The van der Waals surface area contributed by atoms with Crippen molar-refractivity contribution in [1.82, 2.24) is 9.62 Å². The zero-order valence-corrected chi connectivity index (χ0v) is 17.5. The van der Waals surface area contributed by atoms with Crippen LogP contribution in [0.3, 0.4) is 0 Å². The quantitative estimate of drug-likeness (QED) is 0.660. The molecule has 0 unspecified atom stereocenters. The van der Waals surface area contributed by atoms with Gasteiger partial charge in [-0.15, -0.1) is 0 Å². The predicted molar refractivity (Wildman–Crippen MR) is 109 cm³/mol. The summed E-state index contributed by atoms with van der Waals surface area (Å²) in [5.41, 5.74) is 1.75. The maximum absolute atomic E-state index is 13.4. The third-order valence-corrected chi connectivity index (χ3v) is 6.93. The van der Waals surface area contributed by atoms with Crippen LogP contribution >= 0.6 is 0 Å². The van der Waals surface area contributed by atoms with Crippen molar-refractivity contribution in [1.29, 1.82) is 0 Å². The Kier molecular flexibility index (Phi) is 5.77. The summed E-state index contributed by atoms with van der Waals surface area (Å²) in [4.78, 5) is 12.7. The first-order valence-electron chi connectivity index (χ1n) is 9.15. The van der Waals surface area contributed by atoms with Gasteiger partial charge in [0, 0.05) is 30.6 Å². The number of halogens is 1. The van der Waals surface area contributed by atoms with Crippen LogP contribution in [-0.2, 0) is 16.6 Å². The molecule has 0 saturated carbocycles. The molecule has 0 spiro atoms. The van der Waals surface area contributed by atoms with E-state index < -0.39 is 21.7 Å². The van der Waals surface area contributed by atoms with Gasteiger partial charge in [-0.05, 0) is 56.7 Å². The average molecular weight is 418 g/mol. The first kappa shape index (κ1) is 21.0. The highest BCUT2D eigenvalue weighted by Gasteiger charge is 2.23. The molecule has 8 heteroatoms. The Hall–Kier alpha value is -2.71. The highest BCUT2D eigenvalue weighted by atomic mass is 32.2. The number of carbonyl (C=O) groups is 1. The summed E-state index contributed by atoms with van der Waals surface area (Å²) < 4.78 is 45.3. The van der Waals surface area contributed by atoms with Crippen LogP contribution in [0.4, 0.5) is 4.39 Å². The van der Waals surface area contributed by atoms with E-state index in [1.807, 2.05) is 0 Å². The number of rotatable bonds is 6. The van der Waals surface area contributed by atoms with Crippen LogP contribution in [0.25, 0.3) is 11.0 Å². The average Bonchev–Trinajstić information content (AvgIpc) is 3.02. The molecule has 1 heterocycles. The van der Waals surface area contributed by atoms with Crippen molar-refractivity contribution in [2.24, 2.45) is 0 Å². The number of hydrogen-bond donors (Lipinski definition) is 1. The fourth-order valence-electron chi connectivity index (χ4n) is 2.90. The van der Waals surface area contributed by atoms with Gasteiger partial charge in [0.05, 0.1) is 4.90 Å². The molecule has 6 nitrogen and oxygen atoms in total. The molecule has 0 bridgehead atoms. The molecule has 0 radical (unpaired) electrons. The van der Waals surface area contributed by atoms with E-state index in [-0.39, 0.29) is 23.2 Å². The Morgan fingerprint density at radius 3 is 2.45 bits per heavy atom. The Bertz CT molecular complexity index is 1150. The van der Waals surface area contributed by atoms with Crippen LogP contribution in [0, 0.1) is 12.7 Å². The number of benzene rings is 2. The van der Waals surface area contributed by atoms with Gasteiger partial charge >= 0.3 is 0 Å². The second-order valence-electron chi connectivity index (χ2n) is 7.14. The smallest absolute Gasteiger partial charge is 0.287 e. The van der Waals surface area contributed by atoms with Crippen LogP contribution in [0.2, 0.25) is 0 Å². The summed E-state index contributed by atoms with van der Waals surface area (Å²) in [6, 6.07) is 10.3. The van der Waals surface area contributed by atoms with Crippen LogP contribution in [0.1, 0.15) is 35.5 Å². The van der Waals surface area contributed by atoms with Crippen molar-refractivity contribution >= 4 is 26.9 Å². The normalized spacial score (nSPS) is 12.1. The number of carbonyl (C=O) groups excluding carboxylic acids is 1. The molecule has 0 aliphatic rings. The Morgan fingerprint density at radius 2 is 1.83 bits per heavy atom. The molecule has 0 aliphatic carbocycles. The van der Waals surface area contributed by atoms with Crippen molar-refractivity contribution in [2.45, 2.75) is 38.3 Å². The number of furan rings is 1. The zero-order valence-electron chi connectivity index (χ0n) is 16.7. The Morgan fingerprint density at radius 1 is 1.17 bits per heavy atom. The van der Waals surface area contributed by atoms with Crippen molar-refractivity contribution in [2.75, 3.05) is 7.05 Å². The highest BCUT2D eigenvalue weighted by molar-refractivity contribution is 7.89. The van der Waals surface area contributed by atoms with E-state index in [4.69, 9.17) is 4.42 Å². The van der Waals surface area contributed by atoms with Gasteiger partial charge in [0.1, 0.15) is 11.4 Å². The minimum absolute atomic E-state index is 0.128. The molecule has 154 valence electrons.